The molecule has 0 spiro atoms. The third-order valence-electron chi connectivity index (χ3n) is 1.98. The van der Waals surface area contributed by atoms with Gasteiger partial charge in [0.25, 0.3) is 0 Å². The van der Waals surface area contributed by atoms with Crippen LogP contribution in [0.5, 0.6) is 5.75 Å². The van der Waals surface area contributed by atoms with Crippen LogP contribution < -0.4 is 5.32 Å². The molecule has 18 heavy (non-hydrogen) atoms. The van der Waals surface area contributed by atoms with Crippen molar-refractivity contribution < 1.29 is 24.2 Å². The second kappa shape index (κ2) is 6.29. The molecule has 1 rings (SSSR count). The van der Waals surface area contributed by atoms with Gasteiger partial charge < -0.3 is 14.6 Å². The van der Waals surface area contributed by atoms with E-state index in [0.29, 0.717) is 5.69 Å². The fourth-order valence-corrected chi connectivity index (χ4v) is 1.18. The molecule has 1 aromatic carbocycles. The number of amides is 1. The number of phenols is 1. The van der Waals surface area contributed by atoms with Crippen LogP contribution in [0.3, 0.4) is 0 Å². The minimum Gasteiger partial charge on any atom is -0.507 e. The lowest BCUT2D eigenvalue weighted by Gasteiger charge is -2.08. The van der Waals surface area contributed by atoms with Crippen LogP contribution in [0.15, 0.2) is 30.9 Å². The molecule has 0 aliphatic carbocycles. The van der Waals surface area contributed by atoms with Crippen molar-refractivity contribution >= 4 is 17.7 Å². The number of anilines is 1. The van der Waals surface area contributed by atoms with E-state index in [1.54, 1.807) is 0 Å². The lowest BCUT2D eigenvalue weighted by molar-refractivity contribution is 0.0597. The summed E-state index contributed by atoms with van der Waals surface area (Å²) in [6.07, 6.45) is 0.743. The van der Waals surface area contributed by atoms with Gasteiger partial charge in [0.2, 0.25) is 0 Å². The van der Waals surface area contributed by atoms with Gasteiger partial charge in [-0.3, -0.25) is 5.32 Å². The standard InChI is InChI=1S/C12H13NO5/c1-3-6-18-12(16)13-8-4-5-10(14)9(7-8)11(15)17-2/h3-5,7,14H,1,6H2,2H3,(H,13,16). The predicted octanol–water partition coefficient (Wildman–Crippen LogP) is 1.91. The summed E-state index contributed by atoms with van der Waals surface area (Å²) >= 11 is 0. The largest absolute Gasteiger partial charge is 0.507 e. The van der Waals surface area contributed by atoms with Crippen molar-refractivity contribution in [3.63, 3.8) is 0 Å². The van der Waals surface area contributed by atoms with E-state index in [9.17, 15) is 14.7 Å². The molecule has 0 heterocycles. The van der Waals surface area contributed by atoms with Gasteiger partial charge in [0.1, 0.15) is 17.9 Å². The van der Waals surface area contributed by atoms with Crippen LogP contribution in [0.4, 0.5) is 10.5 Å². The van der Waals surface area contributed by atoms with Gasteiger partial charge in [0.15, 0.2) is 0 Å². The van der Waals surface area contributed by atoms with Crippen molar-refractivity contribution in [1.82, 2.24) is 0 Å². The van der Waals surface area contributed by atoms with Crippen molar-refractivity contribution in [2.24, 2.45) is 0 Å². The van der Waals surface area contributed by atoms with Crippen LogP contribution in [0, 0.1) is 0 Å². The molecule has 0 atom stereocenters. The zero-order chi connectivity index (χ0) is 13.5. The van der Waals surface area contributed by atoms with Crippen LogP contribution in [0.25, 0.3) is 0 Å². The molecule has 6 nitrogen and oxygen atoms in total. The number of hydrogen-bond donors (Lipinski definition) is 2. The molecule has 0 aromatic heterocycles. The number of ether oxygens (including phenoxy) is 2. The molecule has 6 heteroatoms. The van der Waals surface area contributed by atoms with E-state index in [0.717, 1.165) is 0 Å². The molecule has 0 aliphatic heterocycles. The third-order valence-corrected chi connectivity index (χ3v) is 1.98. The highest BCUT2D eigenvalue weighted by Crippen LogP contribution is 2.22. The number of aromatic hydroxyl groups is 1. The average molecular weight is 251 g/mol. The van der Waals surface area contributed by atoms with Gasteiger partial charge in [-0.1, -0.05) is 12.7 Å². The zero-order valence-corrected chi connectivity index (χ0v) is 9.80. The maximum atomic E-state index is 11.3. The van der Waals surface area contributed by atoms with Gasteiger partial charge in [0, 0.05) is 5.69 Å². The Bertz CT molecular complexity index is 470. The summed E-state index contributed by atoms with van der Waals surface area (Å²) < 4.78 is 9.19. The van der Waals surface area contributed by atoms with Gasteiger partial charge in [0.05, 0.1) is 7.11 Å². The first-order valence-corrected chi connectivity index (χ1v) is 5.04. The van der Waals surface area contributed by atoms with Crippen molar-refractivity contribution in [3.05, 3.63) is 36.4 Å². The minimum atomic E-state index is -0.699. The van der Waals surface area contributed by atoms with E-state index in [1.165, 1.54) is 31.4 Å². The lowest BCUT2D eigenvalue weighted by Crippen LogP contribution is -2.14. The summed E-state index contributed by atoms with van der Waals surface area (Å²) in [6.45, 7) is 3.48. The minimum absolute atomic E-state index is 0.0426. The van der Waals surface area contributed by atoms with E-state index < -0.39 is 12.1 Å². The second-order valence-corrected chi connectivity index (χ2v) is 3.24. The molecule has 96 valence electrons. The molecule has 0 bridgehead atoms. The van der Waals surface area contributed by atoms with Gasteiger partial charge in [-0.15, -0.1) is 0 Å². The van der Waals surface area contributed by atoms with E-state index in [2.05, 4.69) is 16.6 Å². The van der Waals surface area contributed by atoms with Crippen molar-refractivity contribution in [2.45, 2.75) is 0 Å². The number of rotatable bonds is 4. The first-order chi connectivity index (χ1) is 8.58. The summed E-state index contributed by atoms with van der Waals surface area (Å²) in [6, 6.07) is 3.99. The monoisotopic (exact) mass is 251 g/mol. The number of esters is 1. The fourth-order valence-electron chi connectivity index (χ4n) is 1.18. The molecular formula is C12H13NO5. The van der Waals surface area contributed by atoms with E-state index in [1.807, 2.05) is 0 Å². The first kappa shape index (κ1) is 13.6. The Balaban J connectivity index is 2.82. The van der Waals surface area contributed by atoms with E-state index >= 15 is 0 Å². The maximum absolute atomic E-state index is 11.3. The smallest absolute Gasteiger partial charge is 0.411 e. The number of methoxy groups -OCH3 is 1. The first-order valence-electron chi connectivity index (χ1n) is 5.04. The summed E-state index contributed by atoms with van der Waals surface area (Å²) in [5, 5.41) is 11.8. The number of carbonyl (C=O) groups is 2. The number of phenolic OH excluding ortho intramolecular Hbond substituents is 1. The zero-order valence-electron chi connectivity index (χ0n) is 9.80. The predicted molar refractivity (Wildman–Crippen MR) is 64.6 cm³/mol. The Labute approximate surface area is 104 Å². The molecule has 0 saturated carbocycles. The van der Waals surface area contributed by atoms with Gasteiger partial charge in [-0.2, -0.15) is 0 Å². The Morgan fingerprint density at radius 3 is 2.83 bits per heavy atom. The molecule has 0 radical (unpaired) electrons. The lowest BCUT2D eigenvalue weighted by atomic mass is 10.2. The Morgan fingerprint density at radius 1 is 1.50 bits per heavy atom. The molecule has 0 aliphatic rings. The summed E-state index contributed by atoms with van der Waals surface area (Å²) in [7, 11) is 1.19. The molecule has 0 saturated heterocycles. The number of carbonyl (C=O) groups excluding carboxylic acids is 2. The van der Waals surface area contributed by atoms with Crippen LogP contribution in [-0.4, -0.2) is 30.9 Å². The quantitative estimate of drug-likeness (QED) is 0.485. The summed E-state index contributed by atoms with van der Waals surface area (Å²) in [5.41, 5.74) is 0.265. The van der Waals surface area contributed by atoms with E-state index in [4.69, 9.17) is 4.74 Å². The summed E-state index contributed by atoms with van der Waals surface area (Å²) in [4.78, 5) is 22.6. The van der Waals surface area contributed by atoms with Gasteiger partial charge in [-0.05, 0) is 18.2 Å². The number of benzene rings is 1. The van der Waals surface area contributed by atoms with Crippen LogP contribution >= 0.6 is 0 Å². The highest BCUT2D eigenvalue weighted by Gasteiger charge is 2.13. The number of nitrogens with one attached hydrogen (secondary N) is 1. The Morgan fingerprint density at radius 2 is 2.22 bits per heavy atom. The molecule has 0 unspecified atom stereocenters. The average Bonchev–Trinajstić information content (AvgIpc) is 2.37. The van der Waals surface area contributed by atoms with Gasteiger partial charge in [-0.25, -0.2) is 9.59 Å². The molecule has 0 fully saturated rings. The van der Waals surface area contributed by atoms with Crippen molar-refractivity contribution in [1.29, 1.82) is 0 Å². The Hall–Kier alpha value is -2.50. The fraction of sp³-hybridized carbons (Fsp3) is 0.167. The highest BCUT2D eigenvalue weighted by atomic mass is 16.5. The van der Waals surface area contributed by atoms with Crippen LogP contribution in [0.2, 0.25) is 0 Å². The van der Waals surface area contributed by atoms with Gasteiger partial charge >= 0.3 is 12.1 Å². The molecule has 1 aromatic rings. The normalized spacial score (nSPS) is 9.39. The second-order valence-electron chi connectivity index (χ2n) is 3.24. The van der Waals surface area contributed by atoms with E-state index in [-0.39, 0.29) is 17.9 Å². The van der Waals surface area contributed by atoms with Crippen molar-refractivity contribution in [3.8, 4) is 5.75 Å². The number of hydrogen-bond acceptors (Lipinski definition) is 5. The highest BCUT2D eigenvalue weighted by molar-refractivity contribution is 5.95. The Kier molecular flexibility index (Phi) is 4.74. The summed E-state index contributed by atoms with van der Waals surface area (Å²) in [5.74, 6) is -0.928. The van der Waals surface area contributed by atoms with Crippen LogP contribution in [-0.2, 0) is 9.47 Å². The van der Waals surface area contributed by atoms with Crippen LogP contribution in [0.1, 0.15) is 10.4 Å². The topological polar surface area (TPSA) is 84.9 Å². The van der Waals surface area contributed by atoms with Crippen molar-refractivity contribution in [2.75, 3.05) is 19.0 Å². The molecular weight excluding hydrogens is 238 g/mol. The SMILES string of the molecule is C=CCOC(=O)Nc1ccc(O)c(C(=O)OC)c1. The molecule has 1 amide bonds. The third kappa shape index (κ3) is 3.51. The maximum Gasteiger partial charge on any atom is 0.411 e. The molecule has 2 N–H and O–H groups in total.